The molecule has 1 heterocycles. The number of aliphatic hydroxyl groups excluding tert-OH is 1. The van der Waals surface area contributed by atoms with E-state index in [4.69, 9.17) is 14.8 Å². The number of hydrogen-bond donors (Lipinski definition) is 1. The van der Waals surface area contributed by atoms with Crippen molar-refractivity contribution in [1.82, 2.24) is 9.88 Å². The fraction of sp³-hybridized carbons (Fsp3) is 0.273. The van der Waals surface area contributed by atoms with Crippen LogP contribution in [0.15, 0.2) is 48.5 Å². The van der Waals surface area contributed by atoms with E-state index in [0.717, 1.165) is 33.3 Å². The second-order valence-electron chi connectivity index (χ2n) is 6.70. The molecule has 27 heavy (non-hydrogen) atoms. The Bertz CT molecular complexity index is 967. The Balaban J connectivity index is 2.06. The van der Waals surface area contributed by atoms with Crippen LogP contribution in [-0.2, 0) is 11.2 Å². The first-order valence-corrected chi connectivity index (χ1v) is 8.93. The first-order chi connectivity index (χ1) is 13.0. The predicted octanol–water partition coefficient (Wildman–Crippen LogP) is 3.21. The van der Waals surface area contributed by atoms with Crippen molar-refractivity contribution in [3.8, 4) is 17.0 Å². The Kier molecular flexibility index (Phi) is 5.72. The standard InChI is InChI=1S/C22H24N2O3/c1-15-12-20(16-6-4-8-18(13-16)27-11-10-25)23-22-17(7-5-9-19(15)22)14-21(26)24(2)3/h4-9,12-13,25H,10-11,14H2,1-3H3. The van der Waals surface area contributed by atoms with Gasteiger partial charge in [0, 0.05) is 25.0 Å². The van der Waals surface area contributed by atoms with Crippen molar-refractivity contribution in [2.24, 2.45) is 0 Å². The van der Waals surface area contributed by atoms with Gasteiger partial charge in [0.1, 0.15) is 12.4 Å². The molecule has 0 aliphatic heterocycles. The largest absolute Gasteiger partial charge is 0.491 e. The molecule has 5 heteroatoms. The van der Waals surface area contributed by atoms with Crippen molar-refractivity contribution in [2.75, 3.05) is 27.3 Å². The number of aliphatic hydroxyl groups is 1. The monoisotopic (exact) mass is 364 g/mol. The minimum atomic E-state index is -0.0270. The molecular formula is C22H24N2O3. The van der Waals surface area contributed by atoms with Crippen LogP contribution in [0, 0.1) is 6.92 Å². The number of ether oxygens (including phenoxy) is 1. The van der Waals surface area contributed by atoms with Crippen molar-refractivity contribution in [1.29, 1.82) is 0 Å². The Morgan fingerprint density at radius 2 is 1.93 bits per heavy atom. The number of likely N-dealkylation sites (N-methyl/N-ethyl adjacent to an activating group) is 1. The van der Waals surface area contributed by atoms with Crippen LogP contribution in [-0.4, -0.2) is 48.2 Å². The highest BCUT2D eigenvalue weighted by Gasteiger charge is 2.13. The molecule has 1 aromatic heterocycles. The number of rotatable bonds is 6. The molecule has 1 amide bonds. The lowest BCUT2D eigenvalue weighted by Gasteiger charge is -2.14. The number of benzene rings is 2. The van der Waals surface area contributed by atoms with Gasteiger partial charge in [-0.05, 0) is 36.2 Å². The first-order valence-electron chi connectivity index (χ1n) is 8.93. The lowest BCUT2D eigenvalue weighted by Crippen LogP contribution is -2.23. The van der Waals surface area contributed by atoms with Crippen molar-refractivity contribution in [2.45, 2.75) is 13.3 Å². The number of fused-ring (bicyclic) bond motifs is 1. The van der Waals surface area contributed by atoms with Crippen molar-refractivity contribution in [3.63, 3.8) is 0 Å². The third-order valence-corrected chi connectivity index (χ3v) is 4.46. The summed E-state index contributed by atoms with van der Waals surface area (Å²) in [4.78, 5) is 18.7. The van der Waals surface area contributed by atoms with Gasteiger partial charge in [-0.2, -0.15) is 0 Å². The Morgan fingerprint density at radius 3 is 2.67 bits per heavy atom. The summed E-state index contributed by atoms with van der Waals surface area (Å²) in [6.07, 6.45) is 0.319. The molecule has 0 saturated heterocycles. The highest BCUT2D eigenvalue weighted by atomic mass is 16.5. The summed E-state index contributed by atoms with van der Waals surface area (Å²) >= 11 is 0. The number of nitrogens with zero attached hydrogens (tertiary/aromatic N) is 2. The number of para-hydroxylation sites is 1. The molecule has 3 rings (SSSR count). The minimum Gasteiger partial charge on any atom is -0.491 e. The van der Waals surface area contributed by atoms with Crippen LogP contribution < -0.4 is 4.74 Å². The average Bonchev–Trinajstić information content (AvgIpc) is 2.67. The maximum atomic E-state index is 12.2. The number of hydrogen-bond acceptors (Lipinski definition) is 4. The van der Waals surface area contributed by atoms with Gasteiger partial charge < -0.3 is 14.7 Å². The van der Waals surface area contributed by atoms with Crippen LogP contribution in [0.5, 0.6) is 5.75 Å². The van der Waals surface area contributed by atoms with E-state index < -0.39 is 0 Å². The molecule has 0 saturated carbocycles. The average molecular weight is 364 g/mol. The fourth-order valence-electron chi connectivity index (χ4n) is 3.00. The summed E-state index contributed by atoms with van der Waals surface area (Å²) in [6, 6.07) is 15.7. The van der Waals surface area contributed by atoms with Gasteiger partial charge in [-0.1, -0.05) is 30.3 Å². The Hall–Kier alpha value is -2.92. The summed E-state index contributed by atoms with van der Waals surface area (Å²) in [7, 11) is 3.52. The normalized spacial score (nSPS) is 10.8. The number of aromatic nitrogens is 1. The van der Waals surface area contributed by atoms with E-state index >= 15 is 0 Å². The molecule has 0 radical (unpaired) electrons. The molecular weight excluding hydrogens is 340 g/mol. The van der Waals surface area contributed by atoms with Gasteiger partial charge in [-0.15, -0.1) is 0 Å². The van der Waals surface area contributed by atoms with Gasteiger partial charge in [0.2, 0.25) is 5.91 Å². The second kappa shape index (κ2) is 8.18. The zero-order valence-electron chi connectivity index (χ0n) is 15.9. The maximum Gasteiger partial charge on any atom is 0.226 e. The number of aryl methyl sites for hydroxylation is 1. The summed E-state index contributed by atoms with van der Waals surface area (Å²) < 4.78 is 5.51. The zero-order chi connectivity index (χ0) is 19.4. The van der Waals surface area contributed by atoms with E-state index in [0.29, 0.717) is 12.2 Å². The van der Waals surface area contributed by atoms with E-state index in [1.165, 1.54) is 0 Å². The SMILES string of the molecule is Cc1cc(-c2cccc(OCCO)c2)nc2c(CC(=O)N(C)C)cccc12. The molecule has 0 aliphatic rings. The fourth-order valence-corrected chi connectivity index (χ4v) is 3.00. The highest BCUT2D eigenvalue weighted by Crippen LogP contribution is 2.28. The predicted molar refractivity (Wildman–Crippen MR) is 107 cm³/mol. The number of pyridine rings is 1. The van der Waals surface area contributed by atoms with Crippen LogP contribution in [0.3, 0.4) is 0 Å². The molecule has 0 unspecified atom stereocenters. The number of carbonyl (C=O) groups is 1. The maximum absolute atomic E-state index is 12.2. The van der Waals surface area contributed by atoms with Gasteiger partial charge >= 0.3 is 0 Å². The van der Waals surface area contributed by atoms with Gasteiger partial charge in [-0.3, -0.25) is 4.79 Å². The molecule has 5 nitrogen and oxygen atoms in total. The molecule has 0 fully saturated rings. The molecule has 0 spiro atoms. The van der Waals surface area contributed by atoms with Gasteiger partial charge in [0.05, 0.1) is 24.2 Å². The van der Waals surface area contributed by atoms with Gasteiger partial charge in [-0.25, -0.2) is 4.98 Å². The molecule has 1 N–H and O–H groups in total. The van der Waals surface area contributed by atoms with E-state index in [1.807, 2.05) is 48.5 Å². The topological polar surface area (TPSA) is 62.7 Å². The molecule has 0 bridgehead atoms. The summed E-state index contributed by atoms with van der Waals surface area (Å²) in [6.45, 7) is 2.28. The van der Waals surface area contributed by atoms with E-state index in [2.05, 4.69) is 6.92 Å². The summed E-state index contributed by atoms with van der Waals surface area (Å²) in [5.41, 5.74) is 4.65. The molecule has 140 valence electrons. The van der Waals surface area contributed by atoms with Crippen LogP contribution in [0.1, 0.15) is 11.1 Å². The van der Waals surface area contributed by atoms with Gasteiger partial charge in [0.25, 0.3) is 0 Å². The molecule has 2 aromatic carbocycles. The van der Waals surface area contributed by atoms with Crippen LogP contribution in [0.2, 0.25) is 0 Å². The Labute approximate surface area is 159 Å². The molecule has 3 aromatic rings. The van der Waals surface area contributed by atoms with Crippen LogP contribution in [0.25, 0.3) is 22.2 Å². The third-order valence-electron chi connectivity index (χ3n) is 4.46. The highest BCUT2D eigenvalue weighted by molar-refractivity contribution is 5.91. The van der Waals surface area contributed by atoms with Crippen LogP contribution >= 0.6 is 0 Å². The van der Waals surface area contributed by atoms with E-state index in [-0.39, 0.29) is 19.1 Å². The van der Waals surface area contributed by atoms with Crippen molar-refractivity contribution >= 4 is 16.8 Å². The molecule has 0 aliphatic carbocycles. The lowest BCUT2D eigenvalue weighted by atomic mass is 10.0. The van der Waals surface area contributed by atoms with Gasteiger partial charge in [0.15, 0.2) is 0 Å². The minimum absolute atomic E-state index is 0.0270. The number of amides is 1. The number of carbonyl (C=O) groups excluding carboxylic acids is 1. The quantitative estimate of drug-likeness (QED) is 0.730. The zero-order valence-corrected chi connectivity index (χ0v) is 15.9. The Morgan fingerprint density at radius 1 is 1.15 bits per heavy atom. The third kappa shape index (κ3) is 4.26. The first kappa shape index (κ1) is 18.9. The van der Waals surface area contributed by atoms with E-state index in [9.17, 15) is 4.79 Å². The summed E-state index contributed by atoms with van der Waals surface area (Å²) in [5, 5.41) is 9.99. The lowest BCUT2D eigenvalue weighted by molar-refractivity contribution is -0.127. The smallest absolute Gasteiger partial charge is 0.226 e. The summed E-state index contributed by atoms with van der Waals surface area (Å²) in [5.74, 6) is 0.740. The van der Waals surface area contributed by atoms with Crippen molar-refractivity contribution in [3.05, 3.63) is 59.7 Å². The van der Waals surface area contributed by atoms with E-state index in [1.54, 1.807) is 19.0 Å². The second-order valence-corrected chi connectivity index (χ2v) is 6.70. The van der Waals surface area contributed by atoms with Crippen molar-refractivity contribution < 1.29 is 14.6 Å². The molecule has 0 atom stereocenters. The van der Waals surface area contributed by atoms with Crippen LogP contribution in [0.4, 0.5) is 0 Å².